The predicted octanol–water partition coefficient (Wildman–Crippen LogP) is 4.46. The average Bonchev–Trinajstić information content (AvgIpc) is 3.19. The number of hydrogen-bond acceptors (Lipinski definition) is 5. The van der Waals surface area contributed by atoms with Gasteiger partial charge < -0.3 is 15.4 Å². The predicted molar refractivity (Wildman–Crippen MR) is 117 cm³/mol. The van der Waals surface area contributed by atoms with E-state index in [0.29, 0.717) is 23.8 Å². The van der Waals surface area contributed by atoms with E-state index in [-0.39, 0.29) is 23.0 Å². The molecule has 0 atom stereocenters. The SMILES string of the molecule is [2H]C([2H])(NC(=O)c1cccc(-c2ccc3nc(NC(C)=O)cn3n2)c1F)c1cc(OC(F)(F)F)ccc1F. The number of nitrogens with zero attached hydrogens (tertiary/aromatic N) is 3. The van der Waals surface area contributed by atoms with E-state index in [1.165, 1.54) is 41.9 Å². The quantitative estimate of drug-likeness (QED) is 0.376. The zero-order valence-corrected chi connectivity index (χ0v) is 18.2. The molecule has 0 aliphatic rings. The lowest BCUT2D eigenvalue weighted by atomic mass is 10.1. The van der Waals surface area contributed by atoms with E-state index < -0.39 is 47.3 Å². The van der Waals surface area contributed by atoms with Crippen LogP contribution in [-0.4, -0.2) is 32.8 Å². The van der Waals surface area contributed by atoms with Gasteiger partial charge in [-0.25, -0.2) is 18.3 Å². The van der Waals surface area contributed by atoms with Gasteiger partial charge in [0.15, 0.2) is 11.5 Å². The molecule has 0 aliphatic heterocycles. The van der Waals surface area contributed by atoms with Gasteiger partial charge in [0.2, 0.25) is 5.91 Å². The number of anilines is 1. The van der Waals surface area contributed by atoms with Crippen LogP contribution in [-0.2, 0) is 11.3 Å². The number of hydrogen-bond donors (Lipinski definition) is 2. The molecule has 13 heteroatoms. The Bertz CT molecular complexity index is 1560. The van der Waals surface area contributed by atoms with Gasteiger partial charge in [0.1, 0.15) is 17.4 Å². The lowest BCUT2D eigenvalue weighted by Crippen LogP contribution is -2.25. The van der Waals surface area contributed by atoms with Crippen LogP contribution in [0.15, 0.2) is 54.7 Å². The minimum absolute atomic E-state index is 0.0579. The second kappa shape index (κ2) is 9.60. The lowest BCUT2D eigenvalue weighted by molar-refractivity contribution is -0.274. The van der Waals surface area contributed by atoms with Crippen LogP contribution in [0.25, 0.3) is 16.9 Å². The minimum atomic E-state index is -5.12. The second-order valence-electron chi connectivity index (χ2n) is 7.26. The maximum atomic E-state index is 15.4. The van der Waals surface area contributed by atoms with E-state index in [9.17, 15) is 27.2 Å². The number of ether oxygens (including phenoxy) is 1. The molecular formula is C23H16F5N5O3. The maximum Gasteiger partial charge on any atom is 0.573 e. The summed E-state index contributed by atoms with van der Waals surface area (Å²) in [4.78, 5) is 28.1. The van der Waals surface area contributed by atoms with Gasteiger partial charge >= 0.3 is 6.36 Å². The molecule has 0 radical (unpaired) electrons. The van der Waals surface area contributed by atoms with Gasteiger partial charge in [-0.3, -0.25) is 9.59 Å². The standard InChI is InChI=1S/C23H16F5N5O3/c1-12(34)30-19-11-33-20(31-19)8-7-18(32-33)15-3-2-4-16(21(15)25)22(35)29-10-13-9-14(5-6-17(13)24)36-23(26,27)28/h2-9,11H,10H2,1H3,(H,29,35)(H,30,34)/i10D2. The van der Waals surface area contributed by atoms with E-state index in [0.717, 1.165) is 6.07 Å². The molecule has 4 rings (SSSR count). The molecule has 0 unspecified atom stereocenters. The topological polar surface area (TPSA) is 97.6 Å². The summed E-state index contributed by atoms with van der Waals surface area (Å²) in [6.07, 6.45) is -3.73. The van der Waals surface area contributed by atoms with Crippen molar-refractivity contribution in [3.05, 3.63) is 77.5 Å². The molecule has 0 saturated carbocycles. The Labute approximate surface area is 202 Å². The Morgan fingerprint density at radius 1 is 1.14 bits per heavy atom. The average molecular weight is 507 g/mol. The molecule has 8 nitrogen and oxygen atoms in total. The number of rotatable bonds is 6. The molecule has 2 heterocycles. The van der Waals surface area contributed by atoms with Gasteiger partial charge in [-0.15, -0.1) is 13.2 Å². The number of amides is 2. The monoisotopic (exact) mass is 507 g/mol. The fourth-order valence-electron chi connectivity index (χ4n) is 3.16. The molecule has 2 N–H and O–H groups in total. The second-order valence-corrected chi connectivity index (χ2v) is 7.26. The maximum absolute atomic E-state index is 15.4. The molecule has 0 aliphatic carbocycles. The van der Waals surface area contributed by atoms with Crippen molar-refractivity contribution in [1.29, 1.82) is 0 Å². The first-order chi connectivity index (χ1) is 17.7. The van der Waals surface area contributed by atoms with Gasteiger partial charge in [-0.2, -0.15) is 5.10 Å². The largest absolute Gasteiger partial charge is 0.573 e. The van der Waals surface area contributed by atoms with Crippen LogP contribution in [0.2, 0.25) is 0 Å². The summed E-state index contributed by atoms with van der Waals surface area (Å²) in [5.74, 6) is -4.75. The van der Waals surface area contributed by atoms with Gasteiger partial charge in [-0.1, -0.05) is 6.07 Å². The summed E-state index contributed by atoms with van der Waals surface area (Å²) in [6.45, 7) is -1.76. The van der Waals surface area contributed by atoms with Crippen molar-refractivity contribution in [3.63, 3.8) is 0 Å². The van der Waals surface area contributed by atoms with Crippen LogP contribution >= 0.6 is 0 Å². The zero-order valence-electron chi connectivity index (χ0n) is 20.2. The Morgan fingerprint density at radius 3 is 2.64 bits per heavy atom. The highest BCUT2D eigenvalue weighted by atomic mass is 19.4. The number of carbonyl (C=O) groups is 2. The number of fused-ring (bicyclic) bond motifs is 1. The highest BCUT2D eigenvalue weighted by Crippen LogP contribution is 2.26. The van der Waals surface area contributed by atoms with Gasteiger partial charge in [0, 0.05) is 24.5 Å². The van der Waals surface area contributed by atoms with Crippen LogP contribution < -0.4 is 15.4 Å². The summed E-state index contributed by atoms with van der Waals surface area (Å²) in [5, 5.41) is 8.48. The first kappa shape index (κ1) is 21.9. The number of carbonyl (C=O) groups excluding carboxylic acids is 2. The van der Waals surface area contributed by atoms with E-state index >= 15 is 4.39 Å². The van der Waals surface area contributed by atoms with Crippen molar-refractivity contribution in [3.8, 4) is 17.0 Å². The molecule has 4 aromatic rings. The Balaban J connectivity index is 1.63. The van der Waals surface area contributed by atoms with Crippen LogP contribution in [0.4, 0.5) is 27.8 Å². The third-order valence-corrected chi connectivity index (χ3v) is 4.63. The Kier molecular flexibility index (Phi) is 5.85. The minimum Gasteiger partial charge on any atom is -0.406 e. The van der Waals surface area contributed by atoms with Gasteiger partial charge in [0.25, 0.3) is 5.91 Å². The van der Waals surface area contributed by atoms with E-state index in [2.05, 4.69) is 20.1 Å². The molecule has 2 amide bonds. The van der Waals surface area contributed by atoms with E-state index in [4.69, 9.17) is 2.74 Å². The lowest BCUT2D eigenvalue weighted by Gasteiger charge is -2.12. The third-order valence-electron chi connectivity index (χ3n) is 4.63. The molecule has 0 bridgehead atoms. The van der Waals surface area contributed by atoms with Crippen molar-refractivity contribution in [2.45, 2.75) is 19.8 Å². The van der Waals surface area contributed by atoms with Crippen molar-refractivity contribution < 1.29 is 39.0 Å². The summed E-state index contributed by atoms with van der Waals surface area (Å²) >= 11 is 0. The first-order valence-electron chi connectivity index (χ1n) is 11.0. The number of alkyl halides is 3. The molecule has 0 saturated heterocycles. The van der Waals surface area contributed by atoms with Crippen LogP contribution in [0, 0.1) is 11.6 Å². The van der Waals surface area contributed by atoms with E-state index in [1.807, 2.05) is 0 Å². The molecule has 0 fully saturated rings. The van der Waals surface area contributed by atoms with Crippen LogP contribution in [0.1, 0.15) is 25.6 Å². The summed E-state index contributed by atoms with van der Waals surface area (Å²) in [6, 6.07) is 8.14. The van der Waals surface area contributed by atoms with Crippen molar-refractivity contribution in [2.24, 2.45) is 0 Å². The molecule has 186 valence electrons. The smallest absolute Gasteiger partial charge is 0.406 e. The third kappa shape index (κ3) is 5.56. The summed E-state index contributed by atoms with van der Waals surface area (Å²) in [7, 11) is 0. The number of halogens is 5. The number of nitrogens with one attached hydrogen (secondary N) is 2. The van der Waals surface area contributed by atoms with Crippen molar-refractivity contribution in [1.82, 2.24) is 19.9 Å². The number of imidazole rings is 1. The number of aromatic nitrogens is 3. The molecule has 2 aromatic heterocycles. The fourth-order valence-corrected chi connectivity index (χ4v) is 3.16. The molecule has 36 heavy (non-hydrogen) atoms. The first-order valence-corrected chi connectivity index (χ1v) is 10.0. The highest BCUT2D eigenvalue weighted by molar-refractivity contribution is 5.95. The number of benzene rings is 2. The van der Waals surface area contributed by atoms with Gasteiger partial charge in [0.05, 0.1) is 20.2 Å². The molecular weight excluding hydrogens is 489 g/mol. The van der Waals surface area contributed by atoms with Crippen LogP contribution in [0.3, 0.4) is 0 Å². The zero-order chi connectivity index (χ0) is 27.8. The molecule has 0 spiro atoms. The Morgan fingerprint density at radius 2 is 1.92 bits per heavy atom. The molecule has 2 aromatic carbocycles. The summed E-state index contributed by atoms with van der Waals surface area (Å²) < 4.78 is 88.2. The van der Waals surface area contributed by atoms with Crippen LogP contribution in [0.5, 0.6) is 5.75 Å². The van der Waals surface area contributed by atoms with Crippen molar-refractivity contribution in [2.75, 3.05) is 5.32 Å². The van der Waals surface area contributed by atoms with E-state index in [1.54, 1.807) is 5.32 Å². The fraction of sp³-hybridized carbons (Fsp3) is 0.130. The summed E-state index contributed by atoms with van der Waals surface area (Å²) in [5.41, 5.74) is -1.37. The Hall–Kier alpha value is -4.55. The van der Waals surface area contributed by atoms with Crippen molar-refractivity contribution >= 4 is 23.3 Å². The highest BCUT2D eigenvalue weighted by Gasteiger charge is 2.31. The normalized spacial score (nSPS) is 12.6. The van der Waals surface area contributed by atoms with Gasteiger partial charge in [-0.05, 0) is 42.5 Å².